The molecule has 2 rings (SSSR count). The fourth-order valence-corrected chi connectivity index (χ4v) is 1.48. The van der Waals surface area contributed by atoms with Gasteiger partial charge in [-0.25, -0.2) is 0 Å². The molecule has 12 heavy (non-hydrogen) atoms. The van der Waals surface area contributed by atoms with Crippen LogP contribution in [0.1, 0.15) is 17.9 Å². The number of carbonyl (C=O) groups is 1. The average molecular weight is 162 g/mol. The van der Waals surface area contributed by atoms with Gasteiger partial charge in [-0.15, -0.1) is 0 Å². The Labute approximate surface area is 71.2 Å². The van der Waals surface area contributed by atoms with Gasteiger partial charge in [-0.05, 0) is 12.0 Å². The summed E-state index contributed by atoms with van der Waals surface area (Å²) in [4.78, 5) is 11.2. The van der Waals surface area contributed by atoms with Crippen LogP contribution in [0.5, 0.6) is 0 Å². The number of carbonyl (C=O) groups excluding carboxylic acids is 1. The summed E-state index contributed by atoms with van der Waals surface area (Å²) in [5, 5.41) is 0. The summed E-state index contributed by atoms with van der Waals surface area (Å²) < 4.78 is 4.88. The molecule has 1 saturated heterocycles. The van der Waals surface area contributed by atoms with Gasteiger partial charge in [-0.2, -0.15) is 0 Å². The largest absolute Gasteiger partial charge is 0.465 e. The molecular weight excluding hydrogens is 152 g/mol. The van der Waals surface area contributed by atoms with Gasteiger partial charge in [0.25, 0.3) is 0 Å². The molecule has 1 aromatic carbocycles. The first-order valence-electron chi connectivity index (χ1n) is 4.09. The summed E-state index contributed by atoms with van der Waals surface area (Å²) in [5.41, 5.74) is 1.07. The first-order valence-corrected chi connectivity index (χ1v) is 4.09. The molecule has 1 atom stereocenters. The second-order valence-corrected chi connectivity index (χ2v) is 2.92. The van der Waals surface area contributed by atoms with E-state index in [0.29, 0.717) is 6.61 Å². The maximum Gasteiger partial charge on any atom is 0.313 e. The number of ether oxygens (including phenoxy) is 1. The lowest BCUT2D eigenvalue weighted by molar-refractivity contribution is -0.139. The Hall–Kier alpha value is -1.31. The minimum atomic E-state index is -0.0822. The summed E-state index contributed by atoms with van der Waals surface area (Å²) in [6, 6.07) is 9.78. The third-order valence-corrected chi connectivity index (χ3v) is 2.14. The number of cyclic esters (lactones) is 1. The number of hydrogen-bond donors (Lipinski definition) is 0. The van der Waals surface area contributed by atoms with Gasteiger partial charge in [0.1, 0.15) is 0 Å². The van der Waals surface area contributed by atoms with E-state index >= 15 is 0 Å². The van der Waals surface area contributed by atoms with Crippen molar-refractivity contribution in [3.8, 4) is 0 Å². The monoisotopic (exact) mass is 162 g/mol. The number of hydrogen-bond acceptors (Lipinski definition) is 2. The molecule has 1 fully saturated rings. The predicted molar refractivity (Wildman–Crippen MR) is 44.8 cm³/mol. The maximum absolute atomic E-state index is 11.2. The van der Waals surface area contributed by atoms with Gasteiger partial charge in [0.15, 0.2) is 0 Å². The van der Waals surface area contributed by atoms with Gasteiger partial charge < -0.3 is 4.74 Å². The van der Waals surface area contributed by atoms with Crippen LogP contribution in [-0.2, 0) is 9.53 Å². The molecule has 0 unspecified atom stereocenters. The molecule has 0 bridgehead atoms. The van der Waals surface area contributed by atoms with Crippen molar-refractivity contribution in [2.75, 3.05) is 6.61 Å². The Bertz CT molecular complexity index is 279. The normalized spacial score (nSPS) is 22.3. The molecule has 0 saturated carbocycles. The molecule has 1 aromatic rings. The summed E-state index contributed by atoms with van der Waals surface area (Å²) in [7, 11) is 0. The predicted octanol–water partition coefficient (Wildman–Crippen LogP) is 1.72. The van der Waals surface area contributed by atoms with E-state index in [4.69, 9.17) is 4.74 Å². The summed E-state index contributed by atoms with van der Waals surface area (Å²) in [6.45, 7) is 0.568. The molecule has 0 aliphatic carbocycles. The Morgan fingerprint density at radius 2 is 2.00 bits per heavy atom. The molecule has 1 aliphatic heterocycles. The fourth-order valence-electron chi connectivity index (χ4n) is 1.48. The van der Waals surface area contributed by atoms with Gasteiger partial charge >= 0.3 is 5.97 Å². The molecule has 0 amide bonds. The van der Waals surface area contributed by atoms with E-state index in [1.165, 1.54) is 0 Å². The highest BCUT2D eigenvalue weighted by Gasteiger charge is 2.27. The summed E-state index contributed by atoms with van der Waals surface area (Å²) in [6.07, 6.45) is 0.822. The number of rotatable bonds is 1. The summed E-state index contributed by atoms with van der Waals surface area (Å²) in [5.74, 6) is -0.104. The highest BCUT2D eigenvalue weighted by Crippen LogP contribution is 2.25. The maximum atomic E-state index is 11.2. The van der Waals surface area contributed by atoms with Gasteiger partial charge in [-0.1, -0.05) is 30.3 Å². The van der Waals surface area contributed by atoms with Gasteiger partial charge in [0.2, 0.25) is 0 Å². The Morgan fingerprint density at radius 1 is 1.25 bits per heavy atom. The van der Waals surface area contributed by atoms with Crippen LogP contribution in [0.2, 0.25) is 0 Å². The number of esters is 1. The van der Waals surface area contributed by atoms with Crippen molar-refractivity contribution in [2.24, 2.45) is 0 Å². The minimum absolute atomic E-state index is 0.0220. The van der Waals surface area contributed by atoms with Gasteiger partial charge in [0, 0.05) is 0 Å². The van der Waals surface area contributed by atoms with Crippen molar-refractivity contribution in [3.05, 3.63) is 35.9 Å². The molecule has 2 nitrogen and oxygen atoms in total. The third-order valence-electron chi connectivity index (χ3n) is 2.14. The van der Waals surface area contributed by atoms with E-state index in [9.17, 15) is 4.79 Å². The molecule has 0 spiro atoms. The highest BCUT2D eigenvalue weighted by atomic mass is 16.5. The average Bonchev–Trinajstić information content (AvgIpc) is 2.53. The zero-order valence-corrected chi connectivity index (χ0v) is 6.69. The van der Waals surface area contributed by atoms with Crippen molar-refractivity contribution in [3.63, 3.8) is 0 Å². The lowest BCUT2D eigenvalue weighted by atomic mass is 9.98. The van der Waals surface area contributed by atoms with Crippen LogP contribution in [0.3, 0.4) is 0 Å². The van der Waals surface area contributed by atoms with E-state index in [2.05, 4.69) is 0 Å². The van der Waals surface area contributed by atoms with Crippen LogP contribution in [0.15, 0.2) is 30.3 Å². The van der Waals surface area contributed by atoms with E-state index < -0.39 is 0 Å². The lowest BCUT2D eigenvalue weighted by Crippen LogP contribution is -2.04. The molecule has 0 aromatic heterocycles. The Kier molecular flexibility index (Phi) is 1.82. The zero-order chi connectivity index (χ0) is 8.39. The first kappa shape index (κ1) is 7.35. The van der Waals surface area contributed by atoms with Crippen molar-refractivity contribution in [2.45, 2.75) is 12.3 Å². The molecule has 0 N–H and O–H groups in total. The molecule has 0 radical (unpaired) electrons. The summed E-state index contributed by atoms with van der Waals surface area (Å²) >= 11 is 0. The van der Waals surface area contributed by atoms with Crippen LogP contribution >= 0.6 is 0 Å². The Balaban J connectivity index is 2.25. The number of benzene rings is 1. The molecule has 1 aliphatic rings. The van der Waals surface area contributed by atoms with Crippen LogP contribution < -0.4 is 0 Å². The smallest absolute Gasteiger partial charge is 0.313 e. The van der Waals surface area contributed by atoms with E-state index in [-0.39, 0.29) is 11.9 Å². The molecular formula is C10H10O2. The lowest BCUT2D eigenvalue weighted by Gasteiger charge is -2.03. The van der Waals surface area contributed by atoms with Crippen LogP contribution in [0.4, 0.5) is 0 Å². The molecule has 1 heterocycles. The molecule has 2 heteroatoms. The Morgan fingerprint density at radius 3 is 2.58 bits per heavy atom. The second kappa shape index (κ2) is 2.97. The van der Waals surface area contributed by atoms with Crippen LogP contribution in [0.25, 0.3) is 0 Å². The second-order valence-electron chi connectivity index (χ2n) is 2.92. The van der Waals surface area contributed by atoms with Crippen molar-refractivity contribution >= 4 is 5.97 Å². The van der Waals surface area contributed by atoms with Crippen LogP contribution in [-0.4, -0.2) is 12.6 Å². The van der Waals surface area contributed by atoms with Crippen molar-refractivity contribution < 1.29 is 9.53 Å². The first-order chi connectivity index (χ1) is 5.88. The fraction of sp³-hybridized carbons (Fsp3) is 0.300. The molecule has 62 valence electrons. The van der Waals surface area contributed by atoms with Crippen molar-refractivity contribution in [1.29, 1.82) is 0 Å². The standard InChI is InChI=1S/C10H10O2/c11-10-9(6-7-12-10)8-4-2-1-3-5-8/h1-5,9H,6-7H2/t9-/m0/s1. The zero-order valence-electron chi connectivity index (χ0n) is 6.69. The topological polar surface area (TPSA) is 26.3 Å². The minimum Gasteiger partial charge on any atom is -0.465 e. The third kappa shape index (κ3) is 1.20. The van der Waals surface area contributed by atoms with E-state index in [1.54, 1.807) is 0 Å². The van der Waals surface area contributed by atoms with Gasteiger partial charge in [0.05, 0.1) is 12.5 Å². The SMILES string of the molecule is O=C1OCC[C@H]1c1ccccc1. The van der Waals surface area contributed by atoms with Crippen molar-refractivity contribution in [1.82, 2.24) is 0 Å². The van der Waals surface area contributed by atoms with Gasteiger partial charge in [-0.3, -0.25) is 4.79 Å². The van der Waals surface area contributed by atoms with E-state index in [1.807, 2.05) is 30.3 Å². The highest BCUT2D eigenvalue weighted by molar-refractivity contribution is 5.79. The quantitative estimate of drug-likeness (QED) is 0.588. The van der Waals surface area contributed by atoms with E-state index in [0.717, 1.165) is 12.0 Å². The van der Waals surface area contributed by atoms with Crippen LogP contribution in [0, 0.1) is 0 Å².